The molecule has 0 radical (unpaired) electrons. The zero-order valence-electron chi connectivity index (χ0n) is 13.3. The Bertz CT molecular complexity index is 661. The van der Waals surface area contributed by atoms with Crippen LogP contribution in [-0.4, -0.2) is 42.4 Å². The number of fused-ring (bicyclic) bond motifs is 1. The molecule has 22 heavy (non-hydrogen) atoms. The Morgan fingerprint density at radius 3 is 3.05 bits per heavy atom. The number of hydrogen-bond donors (Lipinski definition) is 1. The molecule has 8 heteroatoms. The SMILES string of the molecule is Cc1cn2c(n1)C(CNS(=O)(=O)N(C)CC(C)C#N)CCC2. The normalized spacial score (nSPS) is 19.7. The minimum absolute atomic E-state index is 0.0963. The first kappa shape index (κ1) is 16.9. The lowest BCUT2D eigenvalue weighted by atomic mass is 9.99. The first-order valence-electron chi connectivity index (χ1n) is 7.47. The van der Waals surface area contributed by atoms with Gasteiger partial charge in [0.2, 0.25) is 0 Å². The Morgan fingerprint density at radius 1 is 1.64 bits per heavy atom. The number of aryl methyl sites for hydroxylation is 2. The van der Waals surface area contributed by atoms with Gasteiger partial charge in [0.05, 0.1) is 17.7 Å². The first-order valence-corrected chi connectivity index (χ1v) is 8.91. The Labute approximate surface area is 132 Å². The van der Waals surface area contributed by atoms with E-state index in [4.69, 9.17) is 5.26 Å². The standard InChI is InChI=1S/C14H23N5O2S/c1-11(7-15)9-18(3)22(20,21)16-8-13-5-4-6-19-10-12(2)17-14(13)19/h10-11,13,16H,4-6,8-9H2,1-3H3. The molecule has 0 saturated heterocycles. The molecular weight excluding hydrogens is 302 g/mol. The Kier molecular flexibility index (Phi) is 5.21. The molecule has 0 aromatic carbocycles. The second-order valence-corrected chi connectivity index (χ2v) is 7.80. The fourth-order valence-corrected chi connectivity index (χ4v) is 3.79. The van der Waals surface area contributed by atoms with E-state index in [1.54, 1.807) is 6.92 Å². The van der Waals surface area contributed by atoms with Crippen LogP contribution in [0.3, 0.4) is 0 Å². The van der Waals surface area contributed by atoms with Crippen LogP contribution in [0.1, 0.15) is 37.2 Å². The van der Waals surface area contributed by atoms with Gasteiger partial charge in [-0.1, -0.05) is 0 Å². The van der Waals surface area contributed by atoms with E-state index in [2.05, 4.69) is 14.3 Å². The van der Waals surface area contributed by atoms with Crippen LogP contribution in [0.5, 0.6) is 0 Å². The molecule has 2 atom stereocenters. The predicted octanol–water partition coefficient (Wildman–Crippen LogP) is 0.995. The van der Waals surface area contributed by atoms with Gasteiger partial charge in [-0.05, 0) is 26.7 Å². The minimum Gasteiger partial charge on any atom is -0.334 e. The van der Waals surface area contributed by atoms with Crippen LogP contribution >= 0.6 is 0 Å². The first-order chi connectivity index (χ1) is 10.3. The van der Waals surface area contributed by atoms with Gasteiger partial charge in [0, 0.05) is 38.8 Å². The molecule has 1 aliphatic heterocycles. The van der Waals surface area contributed by atoms with Crippen molar-refractivity contribution in [3.05, 3.63) is 17.7 Å². The number of nitrogens with one attached hydrogen (secondary N) is 1. The van der Waals surface area contributed by atoms with Crippen molar-refractivity contribution >= 4 is 10.2 Å². The van der Waals surface area contributed by atoms with Gasteiger partial charge in [0.25, 0.3) is 10.2 Å². The summed E-state index contributed by atoms with van der Waals surface area (Å²) in [6.45, 7) is 5.11. The summed E-state index contributed by atoms with van der Waals surface area (Å²) in [4.78, 5) is 4.51. The fourth-order valence-electron chi connectivity index (χ4n) is 2.74. The number of nitriles is 1. The zero-order valence-corrected chi connectivity index (χ0v) is 14.1. The molecule has 2 unspecified atom stereocenters. The van der Waals surface area contributed by atoms with Crippen LogP contribution in [0, 0.1) is 24.2 Å². The van der Waals surface area contributed by atoms with Crippen LogP contribution in [0.2, 0.25) is 0 Å². The Hall–Kier alpha value is -1.43. The molecule has 0 fully saturated rings. The molecule has 122 valence electrons. The molecule has 2 heterocycles. The summed E-state index contributed by atoms with van der Waals surface area (Å²) in [5.41, 5.74) is 0.963. The molecule has 0 bridgehead atoms. The van der Waals surface area contributed by atoms with E-state index in [0.29, 0.717) is 6.54 Å². The van der Waals surface area contributed by atoms with E-state index in [1.807, 2.05) is 19.2 Å². The second-order valence-electron chi connectivity index (χ2n) is 5.94. The molecular formula is C14H23N5O2S. The van der Waals surface area contributed by atoms with E-state index in [0.717, 1.165) is 30.9 Å². The van der Waals surface area contributed by atoms with Gasteiger partial charge in [-0.2, -0.15) is 18.0 Å². The van der Waals surface area contributed by atoms with E-state index in [9.17, 15) is 8.42 Å². The van der Waals surface area contributed by atoms with Crippen molar-refractivity contribution in [2.45, 2.75) is 39.2 Å². The third-order valence-electron chi connectivity index (χ3n) is 3.92. The van der Waals surface area contributed by atoms with Gasteiger partial charge in [0.15, 0.2) is 0 Å². The molecule has 1 N–H and O–H groups in total. The molecule has 2 rings (SSSR count). The number of imidazole rings is 1. The van der Waals surface area contributed by atoms with E-state index in [1.165, 1.54) is 11.4 Å². The largest absolute Gasteiger partial charge is 0.334 e. The highest BCUT2D eigenvalue weighted by molar-refractivity contribution is 7.87. The lowest BCUT2D eigenvalue weighted by Gasteiger charge is -2.25. The Morgan fingerprint density at radius 2 is 2.36 bits per heavy atom. The maximum atomic E-state index is 12.2. The zero-order chi connectivity index (χ0) is 16.3. The lowest BCUT2D eigenvalue weighted by Crippen LogP contribution is -2.42. The van der Waals surface area contributed by atoms with Crippen molar-refractivity contribution in [1.29, 1.82) is 5.26 Å². The van der Waals surface area contributed by atoms with Crippen LogP contribution in [0.15, 0.2) is 6.20 Å². The lowest BCUT2D eigenvalue weighted by molar-refractivity contribution is 0.411. The maximum absolute atomic E-state index is 12.2. The molecule has 0 aliphatic carbocycles. The average Bonchev–Trinajstić information content (AvgIpc) is 2.85. The van der Waals surface area contributed by atoms with Crippen LogP contribution < -0.4 is 4.72 Å². The van der Waals surface area contributed by atoms with Crippen molar-refractivity contribution in [1.82, 2.24) is 18.6 Å². The highest BCUT2D eigenvalue weighted by Gasteiger charge is 2.26. The third kappa shape index (κ3) is 3.85. The molecule has 1 aliphatic rings. The summed E-state index contributed by atoms with van der Waals surface area (Å²) >= 11 is 0. The smallest absolute Gasteiger partial charge is 0.279 e. The average molecular weight is 325 g/mol. The van der Waals surface area contributed by atoms with E-state index in [-0.39, 0.29) is 18.4 Å². The molecule has 0 saturated carbocycles. The van der Waals surface area contributed by atoms with Crippen molar-refractivity contribution in [2.24, 2.45) is 5.92 Å². The molecule has 0 amide bonds. The maximum Gasteiger partial charge on any atom is 0.279 e. The van der Waals surface area contributed by atoms with Crippen molar-refractivity contribution in [3.63, 3.8) is 0 Å². The van der Waals surface area contributed by atoms with Gasteiger partial charge in [0.1, 0.15) is 5.82 Å². The van der Waals surface area contributed by atoms with Crippen LogP contribution in [0.25, 0.3) is 0 Å². The molecule has 1 aromatic heterocycles. The van der Waals surface area contributed by atoms with Crippen molar-refractivity contribution in [3.8, 4) is 6.07 Å². The monoisotopic (exact) mass is 325 g/mol. The summed E-state index contributed by atoms with van der Waals surface area (Å²) in [6.07, 6.45) is 3.96. The van der Waals surface area contributed by atoms with Crippen molar-refractivity contribution < 1.29 is 8.42 Å². The van der Waals surface area contributed by atoms with Gasteiger partial charge in [-0.25, -0.2) is 9.71 Å². The summed E-state index contributed by atoms with van der Waals surface area (Å²) in [5, 5.41) is 8.79. The summed E-state index contributed by atoms with van der Waals surface area (Å²) < 4.78 is 30.4. The molecule has 7 nitrogen and oxygen atoms in total. The van der Waals surface area contributed by atoms with Gasteiger partial charge in [-0.3, -0.25) is 0 Å². The summed E-state index contributed by atoms with van der Waals surface area (Å²) in [6, 6.07) is 2.04. The number of aromatic nitrogens is 2. The molecule has 0 spiro atoms. The third-order valence-corrected chi connectivity index (χ3v) is 5.42. The van der Waals surface area contributed by atoms with Crippen molar-refractivity contribution in [2.75, 3.05) is 20.1 Å². The van der Waals surface area contributed by atoms with Gasteiger partial charge in [-0.15, -0.1) is 0 Å². The second kappa shape index (κ2) is 6.77. The number of nitrogens with zero attached hydrogens (tertiary/aromatic N) is 4. The minimum atomic E-state index is -3.57. The summed E-state index contributed by atoms with van der Waals surface area (Å²) in [7, 11) is -2.08. The predicted molar refractivity (Wildman–Crippen MR) is 83.3 cm³/mol. The Balaban J connectivity index is 1.99. The van der Waals surface area contributed by atoms with Gasteiger partial charge >= 0.3 is 0 Å². The highest BCUT2D eigenvalue weighted by Crippen LogP contribution is 2.26. The topological polar surface area (TPSA) is 91.0 Å². The highest BCUT2D eigenvalue weighted by atomic mass is 32.2. The van der Waals surface area contributed by atoms with E-state index < -0.39 is 10.2 Å². The fraction of sp³-hybridized carbons (Fsp3) is 0.714. The van der Waals surface area contributed by atoms with Crippen LogP contribution in [-0.2, 0) is 16.8 Å². The molecule has 1 aromatic rings. The number of rotatable bonds is 6. The quantitative estimate of drug-likeness (QED) is 0.844. The summed E-state index contributed by atoms with van der Waals surface area (Å²) in [5.74, 6) is 0.719. The number of hydrogen-bond acceptors (Lipinski definition) is 4. The van der Waals surface area contributed by atoms with Gasteiger partial charge < -0.3 is 4.57 Å². The van der Waals surface area contributed by atoms with Crippen LogP contribution in [0.4, 0.5) is 0 Å². The van der Waals surface area contributed by atoms with E-state index >= 15 is 0 Å².